The summed E-state index contributed by atoms with van der Waals surface area (Å²) in [5, 5.41) is 11.0. The van der Waals surface area contributed by atoms with E-state index in [0.29, 0.717) is 17.0 Å². The van der Waals surface area contributed by atoms with Gasteiger partial charge in [-0.15, -0.1) is 0 Å². The van der Waals surface area contributed by atoms with Crippen molar-refractivity contribution in [2.45, 2.75) is 18.9 Å². The maximum absolute atomic E-state index is 13.0. The van der Waals surface area contributed by atoms with E-state index < -0.39 is 42.1 Å². The molecule has 0 unspecified atom stereocenters. The van der Waals surface area contributed by atoms with E-state index in [-0.39, 0.29) is 16.6 Å². The molecule has 0 saturated heterocycles. The molecular formula is C16H8F6N6O. The van der Waals surface area contributed by atoms with Crippen LogP contribution in [0.4, 0.5) is 32.3 Å². The number of hydrogen-bond acceptors (Lipinski definition) is 5. The van der Waals surface area contributed by atoms with Crippen molar-refractivity contribution in [3.8, 4) is 6.07 Å². The molecule has 1 amide bonds. The molecular weight excluding hydrogens is 406 g/mol. The summed E-state index contributed by atoms with van der Waals surface area (Å²) in [6.07, 6.45) is -8.30. The molecule has 0 saturated carbocycles. The fourth-order valence-corrected chi connectivity index (χ4v) is 2.39. The van der Waals surface area contributed by atoms with Crippen LogP contribution >= 0.6 is 0 Å². The Kier molecular flexibility index (Phi) is 4.87. The molecule has 3 rings (SSSR count). The van der Waals surface area contributed by atoms with E-state index in [4.69, 9.17) is 5.26 Å². The molecule has 29 heavy (non-hydrogen) atoms. The molecule has 0 aliphatic carbocycles. The number of anilines is 1. The van der Waals surface area contributed by atoms with E-state index in [9.17, 15) is 31.1 Å². The maximum atomic E-state index is 13.0. The van der Waals surface area contributed by atoms with Crippen LogP contribution in [0.2, 0.25) is 0 Å². The third kappa shape index (κ3) is 4.42. The minimum atomic E-state index is -4.81. The molecule has 3 aromatic rings. The Bertz CT molecular complexity index is 1110. The zero-order valence-electron chi connectivity index (χ0n) is 14.0. The number of aromatic nitrogens is 4. The Morgan fingerprint density at radius 2 is 1.79 bits per heavy atom. The first-order valence-electron chi connectivity index (χ1n) is 7.65. The first-order valence-corrected chi connectivity index (χ1v) is 7.65. The van der Waals surface area contributed by atoms with Crippen molar-refractivity contribution in [2.75, 3.05) is 5.32 Å². The number of nitrogens with one attached hydrogen (secondary N) is 1. The van der Waals surface area contributed by atoms with Crippen molar-refractivity contribution in [2.24, 2.45) is 0 Å². The van der Waals surface area contributed by atoms with Crippen LogP contribution in [0.1, 0.15) is 21.7 Å². The Morgan fingerprint density at radius 1 is 1.14 bits per heavy atom. The molecule has 1 N–H and O–H groups in total. The summed E-state index contributed by atoms with van der Waals surface area (Å²) in [6.45, 7) is -1.52. The number of imidazole rings is 1. The van der Waals surface area contributed by atoms with Gasteiger partial charge in [0.2, 0.25) is 11.8 Å². The second kappa shape index (κ2) is 7.04. The standard InChI is InChI=1S/C16H8F6N6O/c17-15(18,19)7-28-11-3-8(4-23)1-2-10(11)26-14(28)27-12(29)9-5-24-13(25-6-9)16(20,21)22/h1-3,5-6H,7H2,(H,26,27,29). The number of rotatable bonds is 3. The molecule has 0 aliphatic heterocycles. The van der Waals surface area contributed by atoms with E-state index in [1.807, 2.05) is 0 Å². The van der Waals surface area contributed by atoms with Crippen molar-refractivity contribution in [3.05, 3.63) is 47.5 Å². The fourth-order valence-electron chi connectivity index (χ4n) is 2.39. The van der Waals surface area contributed by atoms with Gasteiger partial charge in [-0.2, -0.15) is 31.6 Å². The van der Waals surface area contributed by atoms with Crippen LogP contribution < -0.4 is 5.32 Å². The van der Waals surface area contributed by atoms with Crippen molar-refractivity contribution in [3.63, 3.8) is 0 Å². The molecule has 0 bridgehead atoms. The number of hydrogen-bond donors (Lipinski definition) is 1. The largest absolute Gasteiger partial charge is 0.451 e. The van der Waals surface area contributed by atoms with Crippen molar-refractivity contribution < 1.29 is 31.1 Å². The van der Waals surface area contributed by atoms with E-state index in [1.54, 1.807) is 6.07 Å². The average Bonchev–Trinajstić information content (AvgIpc) is 2.96. The second-order valence-corrected chi connectivity index (χ2v) is 5.70. The molecule has 2 aromatic heterocycles. The molecule has 150 valence electrons. The molecule has 0 radical (unpaired) electrons. The Labute approximate surface area is 157 Å². The van der Waals surface area contributed by atoms with E-state index in [0.717, 1.165) is 0 Å². The van der Waals surface area contributed by atoms with E-state index in [2.05, 4.69) is 20.3 Å². The zero-order valence-corrected chi connectivity index (χ0v) is 14.0. The van der Waals surface area contributed by atoms with Gasteiger partial charge in [0.25, 0.3) is 5.91 Å². The molecule has 1 aromatic carbocycles. The quantitative estimate of drug-likeness (QED) is 0.662. The SMILES string of the molecule is N#Cc1ccc2nc(NC(=O)c3cnc(C(F)(F)F)nc3)n(CC(F)(F)F)c2c1. The van der Waals surface area contributed by atoms with Gasteiger partial charge in [-0.25, -0.2) is 15.0 Å². The molecule has 7 nitrogen and oxygen atoms in total. The van der Waals surface area contributed by atoms with Gasteiger partial charge >= 0.3 is 12.4 Å². The smallest absolute Gasteiger partial charge is 0.301 e. The third-order valence-corrected chi connectivity index (χ3v) is 3.61. The number of amides is 1. The molecule has 13 heteroatoms. The fraction of sp³-hybridized carbons (Fsp3) is 0.188. The Balaban J connectivity index is 1.97. The van der Waals surface area contributed by atoms with E-state index >= 15 is 0 Å². The third-order valence-electron chi connectivity index (χ3n) is 3.61. The number of nitrogens with zero attached hydrogens (tertiary/aromatic N) is 5. The summed E-state index contributed by atoms with van der Waals surface area (Å²) in [5.41, 5.74) is -0.316. The van der Waals surface area contributed by atoms with Gasteiger partial charge in [-0.1, -0.05) is 0 Å². The number of benzene rings is 1. The highest BCUT2D eigenvalue weighted by Gasteiger charge is 2.34. The van der Waals surface area contributed by atoms with Crippen LogP contribution in [0, 0.1) is 11.3 Å². The Morgan fingerprint density at radius 3 is 2.34 bits per heavy atom. The summed E-state index contributed by atoms with van der Waals surface area (Å²) in [7, 11) is 0. The van der Waals surface area contributed by atoms with Gasteiger partial charge in [-0.05, 0) is 18.2 Å². The minimum Gasteiger partial charge on any atom is -0.301 e. The summed E-state index contributed by atoms with van der Waals surface area (Å²) in [4.78, 5) is 22.2. The molecule has 2 heterocycles. The van der Waals surface area contributed by atoms with Gasteiger partial charge in [0, 0.05) is 12.4 Å². The molecule has 0 aliphatic rings. The summed E-state index contributed by atoms with van der Waals surface area (Å²) < 4.78 is 77.0. The number of fused-ring (bicyclic) bond motifs is 1. The average molecular weight is 414 g/mol. The number of alkyl halides is 6. The minimum absolute atomic E-state index is 0.0552. The summed E-state index contributed by atoms with van der Waals surface area (Å²) in [5.74, 6) is -3.03. The normalized spacial score (nSPS) is 12.0. The van der Waals surface area contributed by atoms with Crippen molar-refractivity contribution in [1.82, 2.24) is 19.5 Å². The van der Waals surface area contributed by atoms with Crippen LogP contribution in [0.25, 0.3) is 11.0 Å². The number of halogens is 6. The van der Waals surface area contributed by atoms with Crippen molar-refractivity contribution in [1.29, 1.82) is 5.26 Å². The van der Waals surface area contributed by atoms with Gasteiger partial charge < -0.3 is 4.57 Å². The van der Waals surface area contributed by atoms with Gasteiger partial charge in [0.15, 0.2) is 0 Å². The van der Waals surface area contributed by atoms with Gasteiger partial charge in [0.05, 0.1) is 28.2 Å². The van der Waals surface area contributed by atoms with Crippen molar-refractivity contribution >= 4 is 22.9 Å². The number of carbonyl (C=O) groups excluding carboxylic acids is 1. The molecule has 0 fully saturated rings. The summed E-state index contributed by atoms with van der Waals surface area (Å²) >= 11 is 0. The maximum Gasteiger partial charge on any atom is 0.451 e. The van der Waals surface area contributed by atoms with Gasteiger partial charge in [0.1, 0.15) is 6.54 Å². The second-order valence-electron chi connectivity index (χ2n) is 5.70. The topological polar surface area (TPSA) is 96.5 Å². The van der Waals surface area contributed by atoms with Crippen LogP contribution in [0.5, 0.6) is 0 Å². The van der Waals surface area contributed by atoms with Crippen LogP contribution in [0.3, 0.4) is 0 Å². The summed E-state index contributed by atoms with van der Waals surface area (Å²) in [6, 6.07) is 5.60. The van der Waals surface area contributed by atoms with Gasteiger partial charge in [-0.3, -0.25) is 10.1 Å². The van der Waals surface area contributed by atoms with Crippen LogP contribution in [-0.2, 0) is 12.7 Å². The predicted octanol–water partition coefficient (Wildman–Crippen LogP) is 3.53. The first kappa shape index (κ1) is 20.1. The zero-order chi connectivity index (χ0) is 21.4. The lowest BCUT2D eigenvalue weighted by molar-refractivity contribution is -0.145. The van der Waals surface area contributed by atoms with Crippen LogP contribution in [-0.4, -0.2) is 31.6 Å². The number of nitriles is 1. The number of carbonyl (C=O) groups is 1. The van der Waals surface area contributed by atoms with E-state index in [1.165, 1.54) is 18.2 Å². The molecule has 0 spiro atoms. The predicted molar refractivity (Wildman–Crippen MR) is 85.5 cm³/mol. The highest BCUT2D eigenvalue weighted by molar-refractivity contribution is 6.03. The monoisotopic (exact) mass is 414 g/mol. The Hall–Kier alpha value is -3.69. The molecule has 0 atom stereocenters. The highest BCUT2D eigenvalue weighted by atomic mass is 19.4. The van der Waals surface area contributed by atoms with Crippen LogP contribution in [0.15, 0.2) is 30.6 Å². The lowest BCUT2D eigenvalue weighted by Crippen LogP contribution is -2.22. The highest BCUT2D eigenvalue weighted by Crippen LogP contribution is 2.28. The lowest BCUT2D eigenvalue weighted by atomic mass is 10.2. The lowest BCUT2D eigenvalue weighted by Gasteiger charge is -2.12. The first-order chi connectivity index (χ1) is 13.5.